The maximum Gasteiger partial charge on any atom is 0.161 e. The van der Waals surface area contributed by atoms with Gasteiger partial charge in [0.25, 0.3) is 0 Å². The van der Waals surface area contributed by atoms with Gasteiger partial charge in [-0.05, 0) is 36.2 Å². The molecule has 20 heavy (non-hydrogen) atoms. The van der Waals surface area contributed by atoms with E-state index in [1.807, 2.05) is 43.3 Å². The molecule has 0 unspecified atom stereocenters. The third-order valence-electron chi connectivity index (χ3n) is 2.97. The number of ether oxygens (including phenoxy) is 2. The molecule has 2 nitrogen and oxygen atoms in total. The predicted octanol–water partition coefficient (Wildman–Crippen LogP) is 4.97. The second-order valence-corrected chi connectivity index (χ2v) is 5.18. The Labute approximate surface area is 129 Å². The lowest BCUT2D eigenvalue weighted by atomic mass is 10.1. The Morgan fingerprint density at radius 1 is 1.05 bits per heavy atom. The van der Waals surface area contributed by atoms with Gasteiger partial charge >= 0.3 is 0 Å². The zero-order valence-electron chi connectivity index (χ0n) is 11.5. The zero-order valence-corrected chi connectivity index (χ0v) is 13.0. The van der Waals surface area contributed by atoms with E-state index in [0.717, 1.165) is 16.7 Å². The molecule has 2 aromatic carbocycles. The van der Waals surface area contributed by atoms with Gasteiger partial charge in [-0.1, -0.05) is 29.8 Å². The third-order valence-corrected chi connectivity index (χ3v) is 3.63. The van der Waals surface area contributed by atoms with Gasteiger partial charge in [0.15, 0.2) is 11.5 Å². The summed E-state index contributed by atoms with van der Waals surface area (Å²) >= 11 is 12.0. The molecule has 0 bridgehead atoms. The van der Waals surface area contributed by atoms with Crippen molar-refractivity contribution >= 4 is 23.2 Å². The summed E-state index contributed by atoms with van der Waals surface area (Å²) in [7, 11) is 1.61. The Kier molecular flexibility index (Phi) is 5.16. The van der Waals surface area contributed by atoms with Gasteiger partial charge in [0.2, 0.25) is 0 Å². The number of rotatable bonds is 5. The first-order chi connectivity index (χ1) is 9.63. The molecule has 0 saturated heterocycles. The molecule has 106 valence electrons. The summed E-state index contributed by atoms with van der Waals surface area (Å²) in [6, 6.07) is 11.6. The van der Waals surface area contributed by atoms with Crippen LogP contribution in [-0.2, 0) is 12.5 Å². The van der Waals surface area contributed by atoms with Crippen LogP contribution in [0.3, 0.4) is 0 Å². The molecule has 0 amide bonds. The molecular formula is C16H16Cl2O2. The Morgan fingerprint density at radius 2 is 1.85 bits per heavy atom. The fourth-order valence-electron chi connectivity index (χ4n) is 1.84. The molecule has 0 aromatic heterocycles. The summed E-state index contributed by atoms with van der Waals surface area (Å²) in [6.45, 7) is 2.39. The second kappa shape index (κ2) is 6.87. The standard InChI is InChI=1S/C16H16Cl2O2/c1-11-3-5-13(14(18)7-11)10-20-16-8-12(9-17)4-6-15(16)19-2/h3-8H,9-10H2,1-2H3. The lowest BCUT2D eigenvalue weighted by molar-refractivity contribution is 0.284. The summed E-state index contributed by atoms with van der Waals surface area (Å²) < 4.78 is 11.1. The number of alkyl halides is 1. The molecule has 2 aromatic rings. The van der Waals surface area contributed by atoms with Crippen LogP contribution >= 0.6 is 23.2 Å². The van der Waals surface area contributed by atoms with Crippen molar-refractivity contribution in [1.82, 2.24) is 0 Å². The molecule has 0 saturated carbocycles. The molecule has 0 aliphatic carbocycles. The van der Waals surface area contributed by atoms with Crippen molar-refractivity contribution in [3.63, 3.8) is 0 Å². The Hall–Kier alpha value is -1.38. The van der Waals surface area contributed by atoms with Gasteiger partial charge in [-0.2, -0.15) is 0 Å². The lowest BCUT2D eigenvalue weighted by Crippen LogP contribution is -1.99. The van der Waals surface area contributed by atoms with Crippen LogP contribution in [0.25, 0.3) is 0 Å². The van der Waals surface area contributed by atoms with Crippen LogP contribution in [0.1, 0.15) is 16.7 Å². The number of halogens is 2. The molecule has 0 radical (unpaired) electrons. The van der Waals surface area contributed by atoms with Gasteiger partial charge < -0.3 is 9.47 Å². The average Bonchev–Trinajstić information content (AvgIpc) is 2.46. The first-order valence-corrected chi connectivity index (χ1v) is 7.16. The normalized spacial score (nSPS) is 10.4. The summed E-state index contributed by atoms with van der Waals surface area (Å²) in [6.07, 6.45) is 0. The minimum atomic E-state index is 0.390. The summed E-state index contributed by atoms with van der Waals surface area (Å²) in [5.74, 6) is 1.79. The van der Waals surface area contributed by atoms with Gasteiger partial charge in [-0.3, -0.25) is 0 Å². The third kappa shape index (κ3) is 3.59. The molecule has 4 heteroatoms. The molecular weight excluding hydrogens is 295 g/mol. The smallest absolute Gasteiger partial charge is 0.161 e. The van der Waals surface area contributed by atoms with E-state index in [0.29, 0.717) is 29.0 Å². The SMILES string of the molecule is COc1ccc(CCl)cc1OCc1ccc(C)cc1Cl. The lowest BCUT2D eigenvalue weighted by Gasteiger charge is -2.12. The molecule has 0 spiro atoms. The van der Waals surface area contributed by atoms with Crippen LogP contribution in [0.2, 0.25) is 5.02 Å². The Balaban J connectivity index is 2.17. The van der Waals surface area contributed by atoms with E-state index in [9.17, 15) is 0 Å². The van der Waals surface area contributed by atoms with Crippen LogP contribution in [0.15, 0.2) is 36.4 Å². The van der Waals surface area contributed by atoms with E-state index < -0.39 is 0 Å². The van der Waals surface area contributed by atoms with Gasteiger partial charge in [0.05, 0.1) is 7.11 Å². The highest BCUT2D eigenvalue weighted by atomic mass is 35.5. The number of benzene rings is 2. The maximum atomic E-state index is 6.20. The number of hydrogen-bond acceptors (Lipinski definition) is 2. The topological polar surface area (TPSA) is 18.5 Å². The van der Waals surface area contributed by atoms with Crippen LogP contribution in [0, 0.1) is 6.92 Å². The minimum Gasteiger partial charge on any atom is -0.493 e. The summed E-state index contributed by atoms with van der Waals surface area (Å²) in [5.41, 5.74) is 3.05. The average molecular weight is 311 g/mol. The molecule has 2 rings (SSSR count). The highest BCUT2D eigenvalue weighted by Gasteiger charge is 2.07. The first kappa shape index (κ1) is 15.0. The monoisotopic (exact) mass is 310 g/mol. The van der Waals surface area contributed by atoms with Crippen LogP contribution in [0.5, 0.6) is 11.5 Å². The van der Waals surface area contributed by atoms with Crippen LogP contribution in [-0.4, -0.2) is 7.11 Å². The second-order valence-electron chi connectivity index (χ2n) is 4.50. The minimum absolute atomic E-state index is 0.390. The molecule has 0 aliphatic rings. The molecule has 0 N–H and O–H groups in total. The van der Waals surface area contributed by atoms with Crippen molar-refractivity contribution in [2.45, 2.75) is 19.4 Å². The van der Waals surface area contributed by atoms with Gasteiger partial charge in [0, 0.05) is 16.5 Å². The van der Waals surface area contributed by atoms with Crippen molar-refractivity contribution in [2.24, 2.45) is 0 Å². The number of aryl methyl sites for hydroxylation is 1. The first-order valence-electron chi connectivity index (χ1n) is 6.24. The molecule has 0 aliphatic heterocycles. The molecule has 0 fully saturated rings. The van der Waals surface area contributed by atoms with Crippen molar-refractivity contribution < 1.29 is 9.47 Å². The predicted molar refractivity (Wildman–Crippen MR) is 83.1 cm³/mol. The van der Waals surface area contributed by atoms with Gasteiger partial charge in [-0.15, -0.1) is 11.6 Å². The van der Waals surface area contributed by atoms with Crippen LogP contribution < -0.4 is 9.47 Å². The fourth-order valence-corrected chi connectivity index (χ4v) is 2.30. The van der Waals surface area contributed by atoms with Crippen molar-refractivity contribution in [1.29, 1.82) is 0 Å². The largest absolute Gasteiger partial charge is 0.493 e. The Morgan fingerprint density at radius 3 is 2.50 bits per heavy atom. The summed E-state index contributed by atoms with van der Waals surface area (Å²) in [5, 5.41) is 0.706. The Bertz CT molecular complexity index is 597. The highest BCUT2D eigenvalue weighted by molar-refractivity contribution is 6.31. The molecule has 0 heterocycles. The van der Waals surface area contributed by atoms with Crippen LogP contribution in [0.4, 0.5) is 0 Å². The zero-order chi connectivity index (χ0) is 14.5. The quantitative estimate of drug-likeness (QED) is 0.725. The van der Waals surface area contributed by atoms with E-state index in [4.69, 9.17) is 32.7 Å². The van der Waals surface area contributed by atoms with E-state index in [2.05, 4.69) is 0 Å². The highest BCUT2D eigenvalue weighted by Crippen LogP contribution is 2.30. The van der Waals surface area contributed by atoms with Gasteiger partial charge in [-0.25, -0.2) is 0 Å². The van der Waals surface area contributed by atoms with E-state index in [1.54, 1.807) is 7.11 Å². The van der Waals surface area contributed by atoms with E-state index >= 15 is 0 Å². The van der Waals surface area contributed by atoms with Crippen molar-refractivity contribution in [3.8, 4) is 11.5 Å². The number of methoxy groups -OCH3 is 1. The number of hydrogen-bond donors (Lipinski definition) is 0. The maximum absolute atomic E-state index is 6.20. The fraction of sp³-hybridized carbons (Fsp3) is 0.250. The molecule has 0 atom stereocenters. The van der Waals surface area contributed by atoms with E-state index in [-0.39, 0.29) is 0 Å². The van der Waals surface area contributed by atoms with Crippen molar-refractivity contribution in [3.05, 3.63) is 58.1 Å². The van der Waals surface area contributed by atoms with Crippen molar-refractivity contribution in [2.75, 3.05) is 7.11 Å². The van der Waals surface area contributed by atoms with E-state index in [1.165, 1.54) is 0 Å². The summed E-state index contributed by atoms with van der Waals surface area (Å²) in [4.78, 5) is 0. The van der Waals surface area contributed by atoms with Gasteiger partial charge in [0.1, 0.15) is 6.61 Å².